The Kier molecular flexibility index (Phi) is 4.97. The van der Waals surface area contributed by atoms with Crippen LogP contribution in [0.15, 0.2) is 17.2 Å². The number of rotatable bonds is 5. The Morgan fingerprint density at radius 3 is 2.52 bits per heavy atom. The van der Waals surface area contributed by atoms with E-state index < -0.39 is 26.9 Å². The third kappa shape index (κ3) is 3.95. The molecule has 1 aliphatic rings. The number of carbonyl (C=O) groups excluding carboxylic acids is 1. The summed E-state index contributed by atoms with van der Waals surface area (Å²) in [4.78, 5) is 17.4. The van der Waals surface area contributed by atoms with Crippen LogP contribution in [0.3, 0.4) is 0 Å². The van der Waals surface area contributed by atoms with E-state index in [9.17, 15) is 26.4 Å². The number of anilines is 1. The Morgan fingerprint density at radius 1 is 1.33 bits per heavy atom. The number of nitrogens with zero attached hydrogens (tertiary/aromatic N) is 4. The van der Waals surface area contributed by atoms with Gasteiger partial charge in [0.25, 0.3) is 5.91 Å². The molecule has 0 saturated heterocycles. The zero-order chi connectivity index (χ0) is 20.0. The van der Waals surface area contributed by atoms with Gasteiger partial charge in [-0.15, -0.1) is 10.2 Å². The topological polar surface area (TPSA) is 93.1 Å². The van der Waals surface area contributed by atoms with Gasteiger partial charge in [0.1, 0.15) is 5.69 Å². The molecular formula is C15H15F3N4O3S2. The van der Waals surface area contributed by atoms with Gasteiger partial charge in [0.15, 0.2) is 9.84 Å². The van der Waals surface area contributed by atoms with Crippen LogP contribution in [0.2, 0.25) is 0 Å². The number of aromatic nitrogens is 3. The molecule has 27 heavy (non-hydrogen) atoms. The van der Waals surface area contributed by atoms with E-state index in [0.29, 0.717) is 0 Å². The van der Waals surface area contributed by atoms with Gasteiger partial charge in [0, 0.05) is 13.2 Å². The molecule has 3 rings (SSSR count). The van der Waals surface area contributed by atoms with Crippen LogP contribution in [0, 0.1) is 0 Å². The van der Waals surface area contributed by atoms with Crippen molar-refractivity contribution in [3.8, 4) is 0 Å². The third-order valence-corrected chi connectivity index (χ3v) is 6.87. The van der Waals surface area contributed by atoms with E-state index >= 15 is 0 Å². The van der Waals surface area contributed by atoms with Crippen molar-refractivity contribution >= 4 is 32.2 Å². The van der Waals surface area contributed by atoms with E-state index in [4.69, 9.17) is 0 Å². The molecule has 0 radical (unpaired) electrons. The number of amides is 1. The molecule has 7 nitrogen and oxygen atoms in total. The fourth-order valence-electron chi connectivity index (χ4n) is 2.36. The molecule has 0 aromatic carbocycles. The van der Waals surface area contributed by atoms with Gasteiger partial charge in [-0.05, 0) is 30.4 Å². The Bertz CT molecular complexity index is 984. The van der Waals surface area contributed by atoms with E-state index in [2.05, 4.69) is 15.2 Å². The number of alkyl halides is 3. The quantitative estimate of drug-likeness (QED) is 0.738. The molecule has 12 heteroatoms. The number of carbonyl (C=O) groups is 1. The molecular weight excluding hydrogens is 405 g/mol. The first-order valence-corrected chi connectivity index (χ1v) is 10.4. The normalized spacial score (nSPS) is 15.0. The summed E-state index contributed by atoms with van der Waals surface area (Å²) in [5, 5.41) is 4.90. The standard InChI is InChI=1S/C15H15F3N4O3S2/c1-3-27(24,25)10-6-9(8-4-5-8)7-19-11(10)12(23)22(2)14-21-20-13(26-14)15(16,17)18/h6-8H,3-5H2,1-2H3. The average molecular weight is 420 g/mol. The Morgan fingerprint density at radius 2 is 2.00 bits per heavy atom. The maximum atomic E-state index is 12.7. The predicted molar refractivity (Wildman–Crippen MR) is 91.6 cm³/mol. The summed E-state index contributed by atoms with van der Waals surface area (Å²) in [6.45, 7) is 1.44. The summed E-state index contributed by atoms with van der Waals surface area (Å²) in [7, 11) is -2.56. The number of hydrogen-bond donors (Lipinski definition) is 0. The smallest absolute Gasteiger partial charge is 0.284 e. The maximum absolute atomic E-state index is 12.7. The first-order chi connectivity index (χ1) is 12.5. The van der Waals surface area contributed by atoms with Gasteiger partial charge in [-0.2, -0.15) is 13.2 Å². The molecule has 2 aromatic heterocycles. The minimum absolute atomic E-state index is 0.189. The molecule has 0 spiro atoms. The highest BCUT2D eigenvalue weighted by Crippen LogP contribution is 2.41. The first kappa shape index (κ1) is 19.7. The molecule has 1 fully saturated rings. The lowest BCUT2D eigenvalue weighted by molar-refractivity contribution is -0.138. The lowest BCUT2D eigenvalue weighted by atomic mass is 10.2. The number of pyridine rings is 1. The largest absolute Gasteiger partial charge is 0.445 e. The molecule has 1 amide bonds. The molecule has 0 bridgehead atoms. The van der Waals surface area contributed by atoms with Crippen LogP contribution < -0.4 is 4.90 Å². The van der Waals surface area contributed by atoms with Crippen LogP contribution in [-0.4, -0.2) is 42.3 Å². The third-order valence-electron chi connectivity index (χ3n) is 4.09. The molecule has 0 aliphatic heterocycles. The second kappa shape index (κ2) is 6.82. The van der Waals surface area contributed by atoms with E-state index in [1.54, 1.807) is 0 Å². The van der Waals surface area contributed by atoms with Gasteiger partial charge in [-0.25, -0.2) is 13.4 Å². The van der Waals surface area contributed by atoms with E-state index in [1.807, 2.05) is 0 Å². The summed E-state index contributed by atoms with van der Waals surface area (Å²) in [6, 6.07) is 1.44. The molecule has 0 unspecified atom stereocenters. The van der Waals surface area contributed by atoms with Crippen LogP contribution in [0.5, 0.6) is 0 Å². The second-order valence-electron chi connectivity index (χ2n) is 6.04. The molecule has 1 aliphatic carbocycles. The van der Waals surface area contributed by atoms with Crippen molar-refractivity contribution in [2.75, 3.05) is 17.7 Å². The highest BCUT2D eigenvalue weighted by atomic mass is 32.2. The molecule has 1 saturated carbocycles. The lowest BCUT2D eigenvalue weighted by Crippen LogP contribution is -2.29. The van der Waals surface area contributed by atoms with E-state index in [1.165, 1.54) is 26.2 Å². The average Bonchev–Trinajstić information content (AvgIpc) is 3.34. The fourth-order valence-corrected chi connectivity index (χ4v) is 4.10. The van der Waals surface area contributed by atoms with Gasteiger partial charge < -0.3 is 0 Å². The van der Waals surface area contributed by atoms with Crippen LogP contribution >= 0.6 is 11.3 Å². The molecule has 0 N–H and O–H groups in total. The Labute approximate surface area is 157 Å². The molecule has 2 aromatic rings. The van der Waals surface area contributed by atoms with Crippen molar-refractivity contribution < 1.29 is 26.4 Å². The van der Waals surface area contributed by atoms with Gasteiger partial charge in [0.2, 0.25) is 10.1 Å². The van der Waals surface area contributed by atoms with Crippen molar-refractivity contribution in [3.05, 3.63) is 28.5 Å². The van der Waals surface area contributed by atoms with Crippen LogP contribution in [-0.2, 0) is 16.0 Å². The highest BCUT2D eigenvalue weighted by Gasteiger charge is 2.37. The van der Waals surface area contributed by atoms with E-state index in [0.717, 1.165) is 23.3 Å². The Balaban J connectivity index is 1.99. The first-order valence-electron chi connectivity index (χ1n) is 7.96. The second-order valence-corrected chi connectivity index (χ2v) is 9.25. The molecule has 0 atom stereocenters. The summed E-state index contributed by atoms with van der Waals surface area (Å²) in [5.74, 6) is -0.874. The molecule has 146 valence electrons. The van der Waals surface area contributed by atoms with E-state index in [-0.39, 0.29) is 38.7 Å². The van der Waals surface area contributed by atoms with Crippen LogP contribution in [0.1, 0.15) is 46.7 Å². The summed E-state index contributed by atoms with van der Waals surface area (Å²) in [5.41, 5.74) is 0.393. The maximum Gasteiger partial charge on any atom is 0.445 e. The zero-order valence-electron chi connectivity index (χ0n) is 14.3. The van der Waals surface area contributed by atoms with Crippen molar-refractivity contribution in [3.63, 3.8) is 0 Å². The monoisotopic (exact) mass is 420 g/mol. The zero-order valence-corrected chi connectivity index (χ0v) is 16.0. The van der Waals surface area contributed by atoms with Crippen molar-refractivity contribution in [1.29, 1.82) is 0 Å². The number of hydrogen-bond acceptors (Lipinski definition) is 7. The van der Waals surface area contributed by atoms with Crippen LogP contribution in [0.4, 0.5) is 18.3 Å². The van der Waals surface area contributed by atoms with Gasteiger partial charge in [-0.1, -0.05) is 18.3 Å². The van der Waals surface area contributed by atoms with Crippen molar-refractivity contribution in [1.82, 2.24) is 15.2 Å². The van der Waals surface area contributed by atoms with Gasteiger partial charge in [-0.3, -0.25) is 9.69 Å². The Hall–Kier alpha value is -2.08. The number of halogens is 3. The van der Waals surface area contributed by atoms with Crippen molar-refractivity contribution in [2.24, 2.45) is 0 Å². The van der Waals surface area contributed by atoms with Crippen molar-refractivity contribution in [2.45, 2.75) is 36.8 Å². The minimum atomic E-state index is -4.68. The molecule has 2 heterocycles. The summed E-state index contributed by atoms with van der Waals surface area (Å²) >= 11 is 0.189. The predicted octanol–water partition coefficient (Wildman–Crippen LogP) is 2.90. The van der Waals surface area contributed by atoms with Crippen LogP contribution in [0.25, 0.3) is 0 Å². The van der Waals surface area contributed by atoms with Gasteiger partial charge >= 0.3 is 6.18 Å². The number of sulfone groups is 1. The SMILES string of the molecule is CCS(=O)(=O)c1cc(C2CC2)cnc1C(=O)N(C)c1nnc(C(F)(F)F)s1. The fraction of sp³-hybridized carbons (Fsp3) is 0.467. The highest BCUT2D eigenvalue weighted by molar-refractivity contribution is 7.91. The summed E-state index contributed by atoms with van der Waals surface area (Å²) in [6.07, 6.45) is -1.40. The lowest BCUT2D eigenvalue weighted by Gasteiger charge is -2.15. The minimum Gasteiger partial charge on any atom is -0.284 e. The summed E-state index contributed by atoms with van der Waals surface area (Å²) < 4.78 is 62.9. The van der Waals surface area contributed by atoms with Gasteiger partial charge in [0.05, 0.1) is 10.6 Å².